The Bertz CT molecular complexity index is 1340. The van der Waals surface area contributed by atoms with E-state index < -0.39 is 5.91 Å². The second-order valence-electron chi connectivity index (χ2n) is 10.2. The van der Waals surface area contributed by atoms with Crippen LogP contribution in [-0.2, 0) is 12.0 Å². The average Bonchev–Trinajstić information content (AvgIpc) is 3.29. The van der Waals surface area contributed by atoms with Crippen LogP contribution in [0.25, 0.3) is 22.4 Å². The predicted octanol–water partition coefficient (Wildman–Crippen LogP) is 4.34. The van der Waals surface area contributed by atoms with Crippen molar-refractivity contribution in [1.82, 2.24) is 19.9 Å². The first-order valence-electron chi connectivity index (χ1n) is 12.1. The van der Waals surface area contributed by atoms with Gasteiger partial charge in [-0.25, -0.2) is 9.97 Å². The molecule has 1 saturated heterocycles. The normalized spacial score (nSPS) is 15.0. The molecule has 3 heterocycles. The van der Waals surface area contributed by atoms with E-state index in [9.17, 15) is 4.79 Å². The van der Waals surface area contributed by atoms with E-state index in [0.717, 1.165) is 54.3 Å². The monoisotopic (exact) mass is 468 g/mol. The average molecular weight is 469 g/mol. The van der Waals surface area contributed by atoms with Gasteiger partial charge in [-0.15, -0.1) is 0 Å². The number of carbonyl (C=O) groups excluding carboxylic acids is 1. The molecule has 0 radical (unpaired) electrons. The van der Waals surface area contributed by atoms with Crippen LogP contribution >= 0.6 is 0 Å². The summed E-state index contributed by atoms with van der Waals surface area (Å²) < 4.78 is 0. The Morgan fingerprint density at radius 1 is 0.943 bits per heavy atom. The van der Waals surface area contributed by atoms with Crippen molar-refractivity contribution in [2.75, 3.05) is 31.1 Å². The molecule has 0 saturated carbocycles. The van der Waals surface area contributed by atoms with Crippen molar-refractivity contribution >= 4 is 22.6 Å². The Morgan fingerprint density at radius 3 is 2.34 bits per heavy atom. The number of piperazine rings is 1. The highest BCUT2D eigenvalue weighted by Crippen LogP contribution is 2.30. The van der Waals surface area contributed by atoms with Crippen LogP contribution in [0.15, 0.2) is 60.7 Å². The highest BCUT2D eigenvalue weighted by atomic mass is 16.1. The fourth-order valence-corrected chi connectivity index (χ4v) is 4.63. The van der Waals surface area contributed by atoms with Crippen molar-refractivity contribution < 1.29 is 4.79 Å². The molecule has 1 fully saturated rings. The zero-order chi connectivity index (χ0) is 24.6. The van der Waals surface area contributed by atoms with Crippen molar-refractivity contribution in [2.24, 2.45) is 5.73 Å². The molecule has 1 aliphatic rings. The van der Waals surface area contributed by atoms with Crippen LogP contribution in [0.3, 0.4) is 0 Å². The number of carbonyl (C=O) groups is 1. The molecule has 3 N–H and O–H groups in total. The number of H-pyrrole nitrogens is 1. The summed E-state index contributed by atoms with van der Waals surface area (Å²) in [7, 11) is 0. The Kier molecular flexibility index (Phi) is 6.03. The standard InChI is InChI=1S/C28H32N6O/c1-28(2,3)20-12-10-19(11-13-20)27-31-22-7-5-9-24(25(22)32-27)34-16-14-33(15-17-34)18-21-6-4-8-23(30-21)26(29)35/h4-13H,14-18H2,1-3H3,(H2,29,35)(H,31,32). The molecule has 1 aliphatic heterocycles. The van der Waals surface area contributed by atoms with E-state index in [1.165, 1.54) is 11.3 Å². The van der Waals surface area contributed by atoms with Gasteiger partial charge in [-0.3, -0.25) is 9.69 Å². The lowest BCUT2D eigenvalue weighted by molar-refractivity contribution is 0.0995. The third-order valence-corrected chi connectivity index (χ3v) is 6.68. The van der Waals surface area contributed by atoms with E-state index in [2.05, 4.69) is 83.0 Å². The molecule has 0 atom stereocenters. The third-order valence-electron chi connectivity index (χ3n) is 6.68. The number of rotatable bonds is 5. The molecule has 7 heteroatoms. The van der Waals surface area contributed by atoms with Crippen LogP contribution in [-0.4, -0.2) is 51.9 Å². The van der Waals surface area contributed by atoms with Gasteiger partial charge in [0.1, 0.15) is 11.5 Å². The number of nitrogens with zero attached hydrogens (tertiary/aromatic N) is 4. The minimum atomic E-state index is -0.492. The molecule has 4 aromatic rings. The Labute approximate surface area is 206 Å². The number of para-hydroxylation sites is 1. The van der Waals surface area contributed by atoms with E-state index in [1.807, 2.05) is 12.1 Å². The second-order valence-corrected chi connectivity index (χ2v) is 10.2. The van der Waals surface area contributed by atoms with Crippen LogP contribution in [0, 0.1) is 0 Å². The topological polar surface area (TPSA) is 91.1 Å². The summed E-state index contributed by atoms with van der Waals surface area (Å²) in [6, 6.07) is 20.4. The molecular weight excluding hydrogens is 436 g/mol. The number of hydrogen-bond acceptors (Lipinski definition) is 5. The first kappa shape index (κ1) is 23.1. The lowest BCUT2D eigenvalue weighted by atomic mass is 9.87. The molecule has 180 valence electrons. The maximum absolute atomic E-state index is 11.4. The molecule has 0 unspecified atom stereocenters. The number of hydrogen-bond donors (Lipinski definition) is 2. The molecule has 2 aromatic carbocycles. The van der Waals surface area contributed by atoms with Crippen LogP contribution in [0.5, 0.6) is 0 Å². The SMILES string of the molecule is CC(C)(C)c1ccc(-c2nc3cccc(N4CCN(Cc5cccc(C(N)=O)n5)CC4)c3[nH]2)cc1. The van der Waals surface area contributed by atoms with Gasteiger partial charge in [0.15, 0.2) is 0 Å². The van der Waals surface area contributed by atoms with E-state index in [-0.39, 0.29) is 5.41 Å². The lowest BCUT2D eigenvalue weighted by Crippen LogP contribution is -2.46. The number of primary amides is 1. The fourth-order valence-electron chi connectivity index (χ4n) is 4.63. The van der Waals surface area contributed by atoms with Gasteiger partial charge in [0.2, 0.25) is 0 Å². The number of imidazole rings is 1. The Morgan fingerprint density at radius 2 is 1.66 bits per heavy atom. The van der Waals surface area contributed by atoms with Crippen LogP contribution in [0.2, 0.25) is 0 Å². The van der Waals surface area contributed by atoms with Crippen molar-refractivity contribution in [1.29, 1.82) is 0 Å². The summed E-state index contributed by atoms with van der Waals surface area (Å²) in [4.78, 5) is 29.1. The fraction of sp³-hybridized carbons (Fsp3) is 0.321. The van der Waals surface area contributed by atoms with Crippen molar-refractivity contribution in [3.05, 3.63) is 77.6 Å². The van der Waals surface area contributed by atoms with E-state index in [0.29, 0.717) is 12.2 Å². The number of nitrogens with two attached hydrogens (primary N) is 1. The smallest absolute Gasteiger partial charge is 0.267 e. The van der Waals surface area contributed by atoms with Gasteiger partial charge >= 0.3 is 0 Å². The maximum atomic E-state index is 11.4. The summed E-state index contributed by atoms with van der Waals surface area (Å²) in [5.74, 6) is 0.404. The van der Waals surface area contributed by atoms with E-state index in [1.54, 1.807) is 6.07 Å². The quantitative estimate of drug-likeness (QED) is 0.455. The summed E-state index contributed by atoms with van der Waals surface area (Å²) in [6.07, 6.45) is 0. The van der Waals surface area contributed by atoms with Gasteiger partial charge in [-0.2, -0.15) is 0 Å². The first-order chi connectivity index (χ1) is 16.8. The molecule has 2 aromatic heterocycles. The zero-order valence-electron chi connectivity index (χ0n) is 20.6. The molecule has 0 bridgehead atoms. The summed E-state index contributed by atoms with van der Waals surface area (Å²) in [5.41, 5.74) is 12.3. The van der Waals surface area contributed by atoms with E-state index >= 15 is 0 Å². The molecule has 1 amide bonds. The number of fused-ring (bicyclic) bond motifs is 1. The number of nitrogens with one attached hydrogen (secondary N) is 1. The van der Waals surface area contributed by atoms with Crippen molar-refractivity contribution in [3.63, 3.8) is 0 Å². The molecule has 0 aliphatic carbocycles. The first-order valence-corrected chi connectivity index (χ1v) is 12.1. The van der Waals surface area contributed by atoms with Crippen molar-refractivity contribution in [2.45, 2.75) is 32.7 Å². The lowest BCUT2D eigenvalue weighted by Gasteiger charge is -2.36. The highest BCUT2D eigenvalue weighted by molar-refractivity contribution is 5.91. The minimum absolute atomic E-state index is 0.127. The molecule has 5 rings (SSSR count). The van der Waals surface area contributed by atoms with E-state index in [4.69, 9.17) is 10.7 Å². The minimum Gasteiger partial charge on any atom is -0.367 e. The largest absolute Gasteiger partial charge is 0.367 e. The van der Waals surface area contributed by atoms with Gasteiger partial charge in [-0.1, -0.05) is 57.2 Å². The van der Waals surface area contributed by atoms with Gasteiger partial charge in [0.25, 0.3) is 5.91 Å². The number of benzene rings is 2. The summed E-state index contributed by atoms with van der Waals surface area (Å²) in [5, 5.41) is 0. The Balaban J connectivity index is 1.31. The van der Waals surface area contributed by atoms with Gasteiger partial charge in [0.05, 0.1) is 22.4 Å². The molecule has 7 nitrogen and oxygen atoms in total. The predicted molar refractivity (Wildman–Crippen MR) is 140 cm³/mol. The number of aromatic nitrogens is 3. The molecule has 35 heavy (non-hydrogen) atoms. The van der Waals surface area contributed by atoms with Gasteiger partial charge in [-0.05, 0) is 35.2 Å². The second kappa shape index (κ2) is 9.15. The zero-order valence-corrected chi connectivity index (χ0v) is 20.6. The third kappa shape index (κ3) is 4.91. The maximum Gasteiger partial charge on any atom is 0.267 e. The molecule has 0 spiro atoms. The summed E-state index contributed by atoms with van der Waals surface area (Å²) >= 11 is 0. The summed E-state index contributed by atoms with van der Waals surface area (Å²) in [6.45, 7) is 11.0. The van der Waals surface area contributed by atoms with Gasteiger partial charge in [0, 0.05) is 38.3 Å². The number of anilines is 1. The van der Waals surface area contributed by atoms with Crippen LogP contribution < -0.4 is 10.6 Å². The highest BCUT2D eigenvalue weighted by Gasteiger charge is 2.21. The number of aromatic amines is 1. The van der Waals surface area contributed by atoms with Gasteiger partial charge < -0.3 is 15.6 Å². The van der Waals surface area contributed by atoms with Crippen LogP contribution in [0.1, 0.15) is 42.5 Å². The Hall–Kier alpha value is -3.71. The van der Waals surface area contributed by atoms with Crippen molar-refractivity contribution in [3.8, 4) is 11.4 Å². The number of amides is 1. The van der Waals surface area contributed by atoms with Crippen LogP contribution in [0.4, 0.5) is 5.69 Å². The number of pyridine rings is 1. The molecular formula is C28H32N6O.